The van der Waals surface area contributed by atoms with E-state index in [1.165, 1.54) is 11.7 Å². The van der Waals surface area contributed by atoms with Gasteiger partial charge in [0.15, 0.2) is 0 Å². The monoisotopic (exact) mass is 365 g/mol. The maximum atomic E-state index is 11.8. The van der Waals surface area contributed by atoms with Crippen LogP contribution >= 0.6 is 0 Å². The Balaban J connectivity index is 2.48. The summed E-state index contributed by atoms with van der Waals surface area (Å²) in [5.74, 6) is 1.48. The van der Waals surface area contributed by atoms with Gasteiger partial charge >= 0.3 is 5.97 Å². The van der Waals surface area contributed by atoms with Crippen LogP contribution in [-0.2, 0) is 19.2 Å². The highest BCUT2D eigenvalue weighted by Gasteiger charge is 2.23. The van der Waals surface area contributed by atoms with Crippen LogP contribution in [0, 0.1) is 0 Å². The van der Waals surface area contributed by atoms with Crippen LogP contribution < -0.4 is 22.0 Å². The van der Waals surface area contributed by atoms with E-state index in [4.69, 9.17) is 16.2 Å². The Morgan fingerprint density at radius 3 is 2.27 bits per heavy atom. The Kier molecular flexibility index (Phi) is 8.23. The summed E-state index contributed by atoms with van der Waals surface area (Å²) in [6.07, 6.45) is 0.283. The molecule has 1 rings (SSSR count). The van der Waals surface area contributed by atoms with Crippen molar-refractivity contribution in [3.63, 3.8) is 0 Å². The number of carboxylic acid groups (broad SMARTS) is 1. The van der Waals surface area contributed by atoms with E-state index in [0.717, 1.165) is 5.56 Å². The Labute approximate surface area is 148 Å². The standard InChI is InChI=1S/C15H19N5O6/c16-17-8-9-1-3-10(4-2-9)18-12(21)5-6-13(22)19-11(7-14(23)24)15(25)20-26/h1-4,8,11,26H,5-7,16H2,(H,18,21)(H,19,22)(H,20,25)(H,23,24)/t11-/m0/s1. The first-order chi connectivity index (χ1) is 12.3. The summed E-state index contributed by atoms with van der Waals surface area (Å²) in [7, 11) is 0. The molecule has 0 fully saturated rings. The van der Waals surface area contributed by atoms with Gasteiger partial charge in [0, 0.05) is 18.5 Å². The molecule has 11 heteroatoms. The van der Waals surface area contributed by atoms with E-state index in [-0.39, 0.29) is 12.8 Å². The van der Waals surface area contributed by atoms with Gasteiger partial charge < -0.3 is 21.6 Å². The summed E-state index contributed by atoms with van der Waals surface area (Å²) in [4.78, 5) is 45.5. The molecule has 0 saturated heterocycles. The molecule has 1 atom stereocenters. The van der Waals surface area contributed by atoms with Crippen LogP contribution in [0.5, 0.6) is 0 Å². The van der Waals surface area contributed by atoms with Gasteiger partial charge in [-0.25, -0.2) is 5.48 Å². The van der Waals surface area contributed by atoms with Crippen molar-refractivity contribution in [2.24, 2.45) is 10.9 Å². The fourth-order valence-electron chi connectivity index (χ4n) is 1.92. The van der Waals surface area contributed by atoms with Gasteiger partial charge in [0.05, 0.1) is 12.6 Å². The summed E-state index contributed by atoms with van der Waals surface area (Å²) in [5.41, 5.74) is 2.53. The Morgan fingerprint density at radius 1 is 1.12 bits per heavy atom. The second-order valence-electron chi connectivity index (χ2n) is 5.14. The highest BCUT2D eigenvalue weighted by Crippen LogP contribution is 2.09. The number of rotatable bonds is 9. The summed E-state index contributed by atoms with van der Waals surface area (Å²) in [6, 6.07) is 5.18. The molecule has 0 aliphatic rings. The van der Waals surface area contributed by atoms with Crippen LogP contribution in [0.1, 0.15) is 24.8 Å². The first-order valence-corrected chi connectivity index (χ1v) is 7.44. The van der Waals surface area contributed by atoms with Gasteiger partial charge in [-0.15, -0.1) is 0 Å². The van der Waals surface area contributed by atoms with Gasteiger partial charge in [-0.2, -0.15) is 5.10 Å². The molecule has 1 aromatic carbocycles. The molecule has 0 radical (unpaired) electrons. The Morgan fingerprint density at radius 2 is 1.73 bits per heavy atom. The van der Waals surface area contributed by atoms with E-state index in [1.54, 1.807) is 24.3 Å². The SMILES string of the molecule is NN=Cc1ccc(NC(=O)CCC(=O)N[C@@H](CC(=O)O)C(=O)NO)cc1. The number of hydrogen-bond donors (Lipinski definition) is 6. The first-order valence-electron chi connectivity index (χ1n) is 7.44. The lowest BCUT2D eigenvalue weighted by atomic mass is 10.1. The number of nitrogens with two attached hydrogens (primary N) is 1. The fraction of sp³-hybridized carbons (Fsp3) is 0.267. The van der Waals surface area contributed by atoms with E-state index in [0.29, 0.717) is 5.69 Å². The number of nitrogens with one attached hydrogen (secondary N) is 3. The normalized spacial score (nSPS) is 11.6. The third-order valence-electron chi connectivity index (χ3n) is 3.14. The molecule has 0 aliphatic heterocycles. The molecule has 0 unspecified atom stereocenters. The second-order valence-corrected chi connectivity index (χ2v) is 5.14. The third-order valence-corrected chi connectivity index (χ3v) is 3.14. The first kappa shape index (κ1) is 20.6. The number of anilines is 1. The number of hydrogen-bond acceptors (Lipinski definition) is 7. The molecule has 0 saturated carbocycles. The van der Waals surface area contributed by atoms with Crippen molar-refractivity contribution in [3.05, 3.63) is 29.8 Å². The summed E-state index contributed by atoms with van der Waals surface area (Å²) >= 11 is 0. The van der Waals surface area contributed by atoms with Crippen LogP contribution in [0.15, 0.2) is 29.4 Å². The van der Waals surface area contributed by atoms with Crippen molar-refractivity contribution in [2.45, 2.75) is 25.3 Å². The van der Waals surface area contributed by atoms with Gasteiger partial charge in [-0.05, 0) is 17.7 Å². The predicted molar refractivity (Wildman–Crippen MR) is 90.2 cm³/mol. The average molecular weight is 365 g/mol. The number of benzene rings is 1. The third kappa shape index (κ3) is 7.40. The molecule has 26 heavy (non-hydrogen) atoms. The van der Waals surface area contributed by atoms with E-state index in [2.05, 4.69) is 15.7 Å². The second kappa shape index (κ2) is 10.4. The minimum atomic E-state index is -1.44. The van der Waals surface area contributed by atoms with Gasteiger partial charge in [0.2, 0.25) is 11.8 Å². The summed E-state index contributed by atoms with van der Waals surface area (Å²) < 4.78 is 0. The molecule has 0 spiro atoms. The molecular formula is C15H19N5O6. The lowest BCUT2D eigenvalue weighted by molar-refractivity contribution is -0.143. The number of amides is 3. The van der Waals surface area contributed by atoms with Crippen molar-refractivity contribution in [3.8, 4) is 0 Å². The highest BCUT2D eigenvalue weighted by atomic mass is 16.5. The molecule has 1 aromatic rings. The number of carbonyl (C=O) groups is 4. The van der Waals surface area contributed by atoms with Gasteiger partial charge in [-0.1, -0.05) is 12.1 Å². The molecule has 0 aliphatic carbocycles. The number of carboxylic acids is 1. The zero-order valence-electron chi connectivity index (χ0n) is 13.6. The van der Waals surface area contributed by atoms with Crippen molar-refractivity contribution in [1.82, 2.24) is 10.8 Å². The van der Waals surface area contributed by atoms with Crippen LogP contribution in [0.2, 0.25) is 0 Å². The minimum absolute atomic E-state index is 0.182. The van der Waals surface area contributed by atoms with Crippen molar-refractivity contribution < 1.29 is 29.5 Å². The van der Waals surface area contributed by atoms with Crippen LogP contribution in [0.4, 0.5) is 5.69 Å². The number of hydrazone groups is 1. The van der Waals surface area contributed by atoms with E-state index in [9.17, 15) is 19.2 Å². The Bertz CT molecular complexity index is 688. The van der Waals surface area contributed by atoms with Crippen molar-refractivity contribution in [2.75, 3.05) is 5.32 Å². The smallest absolute Gasteiger partial charge is 0.305 e. The molecular weight excluding hydrogens is 346 g/mol. The minimum Gasteiger partial charge on any atom is -0.481 e. The molecule has 11 nitrogen and oxygen atoms in total. The quantitative estimate of drug-likeness (QED) is 0.143. The van der Waals surface area contributed by atoms with E-state index < -0.39 is 36.2 Å². The maximum absolute atomic E-state index is 11.8. The molecule has 3 amide bonds. The number of aliphatic carboxylic acids is 1. The van der Waals surface area contributed by atoms with Gasteiger partial charge in [0.1, 0.15) is 6.04 Å². The topological polar surface area (TPSA) is 183 Å². The van der Waals surface area contributed by atoms with Crippen LogP contribution in [0.3, 0.4) is 0 Å². The van der Waals surface area contributed by atoms with Crippen LogP contribution in [0.25, 0.3) is 0 Å². The van der Waals surface area contributed by atoms with Gasteiger partial charge in [-0.3, -0.25) is 24.4 Å². The largest absolute Gasteiger partial charge is 0.481 e. The molecule has 0 aromatic heterocycles. The molecule has 7 N–H and O–H groups in total. The highest BCUT2D eigenvalue weighted by molar-refractivity contribution is 5.95. The zero-order chi connectivity index (χ0) is 19.5. The summed E-state index contributed by atoms with van der Waals surface area (Å²) in [6.45, 7) is 0. The number of hydroxylamine groups is 1. The van der Waals surface area contributed by atoms with E-state index in [1.807, 2.05) is 0 Å². The number of nitrogens with zero attached hydrogens (tertiary/aromatic N) is 1. The van der Waals surface area contributed by atoms with Crippen molar-refractivity contribution in [1.29, 1.82) is 0 Å². The maximum Gasteiger partial charge on any atom is 0.305 e. The van der Waals surface area contributed by atoms with Gasteiger partial charge in [0.25, 0.3) is 5.91 Å². The lowest BCUT2D eigenvalue weighted by Crippen LogP contribution is -2.47. The molecule has 140 valence electrons. The molecule has 0 heterocycles. The fourth-order valence-corrected chi connectivity index (χ4v) is 1.92. The van der Waals surface area contributed by atoms with Crippen molar-refractivity contribution >= 4 is 35.6 Å². The lowest BCUT2D eigenvalue weighted by Gasteiger charge is -2.14. The van der Waals surface area contributed by atoms with Crippen LogP contribution in [-0.4, -0.2) is 46.3 Å². The predicted octanol–water partition coefficient (Wildman–Crippen LogP) is -0.837. The Hall–Kier alpha value is -3.47. The van der Waals surface area contributed by atoms with E-state index >= 15 is 0 Å². The summed E-state index contributed by atoms with van der Waals surface area (Å²) in [5, 5.41) is 25.3. The number of carbonyl (C=O) groups excluding carboxylic acids is 3. The molecule has 0 bridgehead atoms. The zero-order valence-corrected chi connectivity index (χ0v) is 13.6. The average Bonchev–Trinajstić information content (AvgIpc) is 2.60.